The summed E-state index contributed by atoms with van der Waals surface area (Å²) in [6.45, 7) is 0. The molecule has 5 heteroatoms. The van der Waals surface area contributed by atoms with Gasteiger partial charge in [-0.25, -0.2) is 0 Å². The van der Waals surface area contributed by atoms with Gasteiger partial charge in [0.05, 0.1) is 17.2 Å². The number of aromatic nitrogens is 1. The van der Waals surface area contributed by atoms with Crippen LogP contribution in [0, 0.1) is 0 Å². The average Bonchev–Trinajstić information content (AvgIpc) is 2.76. The molecule has 0 saturated carbocycles. The molecule has 2 nitrogen and oxygen atoms in total. The van der Waals surface area contributed by atoms with Crippen molar-refractivity contribution in [1.29, 1.82) is 0 Å². The summed E-state index contributed by atoms with van der Waals surface area (Å²) >= 11 is 0. The van der Waals surface area contributed by atoms with Gasteiger partial charge in [-0.05, 0) is 31.0 Å². The number of nitrogens with two attached hydrogens (primary N) is 1. The summed E-state index contributed by atoms with van der Waals surface area (Å²) < 4.78 is 40.3. The van der Waals surface area contributed by atoms with Crippen LogP contribution < -0.4 is 5.73 Å². The topological polar surface area (TPSA) is 30.9 Å². The predicted octanol–water partition coefficient (Wildman–Crippen LogP) is 3.06. The van der Waals surface area contributed by atoms with Gasteiger partial charge in [0.1, 0.15) is 0 Å². The summed E-state index contributed by atoms with van der Waals surface area (Å²) in [4.78, 5) is 0. The molecule has 0 amide bonds. The van der Waals surface area contributed by atoms with E-state index in [-0.39, 0.29) is 11.6 Å². The third-order valence-corrected chi connectivity index (χ3v) is 3.30. The molecule has 1 atom stereocenters. The van der Waals surface area contributed by atoms with E-state index in [4.69, 9.17) is 5.73 Å². The van der Waals surface area contributed by atoms with E-state index < -0.39 is 11.7 Å². The molecule has 1 unspecified atom stereocenters. The van der Waals surface area contributed by atoms with Crippen molar-refractivity contribution >= 4 is 10.9 Å². The van der Waals surface area contributed by atoms with E-state index in [9.17, 15) is 13.2 Å². The molecule has 0 radical (unpaired) electrons. The largest absolute Gasteiger partial charge is 0.417 e. The fraction of sp³-hybridized carbons (Fsp3) is 0.333. The van der Waals surface area contributed by atoms with Crippen LogP contribution in [0.3, 0.4) is 0 Å². The van der Waals surface area contributed by atoms with Gasteiger partial charge < -0.3 is 10.3 Å². The summed E-state index contributed by atoms with van der Waals surface area (Å²) in [5, 5.41) is 0.255. The summed E-state index contributed by atoms with van der Waals surface area (Å²) in [5.41, 5.74) is 6.79. The molecule has 3 rings (SSSR count). The van der Waals surface area contributed by atoms with Crippen LogP contribution in [0.1, 0.15) is 23.8 Å². The van der Waals surface area contributed by atoms with E-state index in [1.165, 1.54) is 6.07 Å². The maximum absolute atomic E-state index is 12.8. The number of hydrogen-bond donors (Lipinski definition) is 1. The van der Waals surface area contributed by atoms with Crippen molar-refractivity contribution in [3.05, 3.63) is 35.5 Å². The Morgan fingerprint density at radius 1 is 1.29 bits per heavy atom. The Morgan fingerprint density at radius 2 is 2.06 bits per heavy atom. The molecule has 0 fully saturated rings. The molecule has 0 bridgehead atoms. The molecule has 2 aromatic rings. The van der Waals surface area contributed by atoms with Gasteiger partial charge in [-0.15, -0.1) is 0 Å². The predicted molar refractivity (Wildman–Crippen MR) is 58.5 cm³/mol. The number of benzene rings is 1. The zero-order valence-electron chi connectivity index (χ0n) is 8.96. The molecule has 17 heavy (non-hydrogen) atoms. The lowest BCUT2D eigenvalue weighted by Crippen LogP contribution is -2.13. The molecule has 1 aromatic carbocycles. The highest BCUT2D eigenvalue weighted by molar-refractivity contribution is 5.85. The Hall–Kier alpha value is -1.49. The molecule has 1 aliphatic heterocycles. The van der Waals surface area contributed by atoms with E-state index >= 15 is 0 Å². The number of alkyl halides is 3. The third kappa shape index (κ3) is 1.45. The van der Waals surface area contributed by atoms with Gasteiger partial charge >= 0.3 is 6.18 Å². The van der Waals surface area contributed by atoms with E-state index in [1.54, 1.807) is 12.1 Å². The van der Waals surface area contributed by atoms with Gasteiger partial charge in [-0.3, -0.25) is 0 Å². The first-order valence-corrected chi connectivity index (χ1v) is 5.44. The highest BCUT2D eigenvalue weighted by Crippen LogP contribution is 2.38. The fourth-order valence-electron chi connectivity index (χ4n) is 2.56. The standard InChI is InChI=1S/C12H11F3N2/c13-12(14,15)9-2-1-3-10-8(9)6-7-4-5-11(16)17(7)10/h1-3,6,11H,4-5,16H2. The molecule has 0 aliphatic carbocycles. The van der Waals surface area contributed by atoms with Crippen molar-refractivity contribution < 1.29 is 13.2 Å². The summed E-state index contributed by atoms with van der Waals surface area (Å²) in [6.07, 6.45) is -2.98. The summed E-state index contributed by atoms with van der Waals surface area (Å²) in [5.74, 6) is 0. The number of fused-ring (bicyclic) bond motifs is 3. The maximum atomic E-state index is 12.8. The van der Waals surface area contributed by atoms with E-state index in [0.29, 0.717) is 5.52 Å². The van der Waals surface area contributed by atoms with Crippen LogP contribution in [0.4, 0.5) is 13.2 Å². The molecular formula is C12H11F3N2. The first-order valence-electron chi connectivity index (χ1n) is 5.44. The van der Waals surface area contributed by atoms with Gasteiger partial charge in [0, 0.05) is 11.1 Å². The van der Waals surface area contributed by atoms with Gasteiger partial charge in [0.25, 0.3) is 0 Å². The minimum Gasteiger partial charge on any atom is -0.329 e. The van der Waals surface area contributed by atoms with Gasteiger partial charge in [0.2, 0.25) is 0 Å². The molecule has 1 aromatic heterocycles. The molecule has 2 N–H and O–H groups in total. The monoisotopic (exact) mass is 240 g/mol. The average molecular weight is 240 g/mol. The second-order valence-electron chi connectivity index (χ2n) is 4.35. The second kappa shape index (κ2) is 3.26. The van der Waals surface area contributed by atoms with Crippen LogP contribution in [0.5, 0.6) is 0 Å². The fourth-order valence-corrected chi connectivity index (χ4v) is 2.56. The number of hydrogen-bond acceptors (Lipinski definition) is 1. The van der Waals surface area contributed by atoms with Crippen LogP contribution in [0.15, 0.2) is 24.3 Å². The zero-order chi connectivity index (χ0) is 12.2. The first-order chi connectivity index (χ1) is 7.98. The Labute approximate surface area is 95.8 Å². The minimum atomic E-state index is -4.31. The molecular weight excluding hydrogens is 229 g/mol. The maximum Gasteiger partial charge on any atom is 0.417 e. The van der Waals surface area contributed by atoms with Gasteiger partial charge in [-0.1, -0.05) is 6.07 Å². The van der Waals surface area contributed by atoms with Crippen molar-refractivity contribution in [2.24, 2.45) is 5.73 Å². The normalized spacial score (nSPS) is 19.9. The first kappa shape index (κ1) is 10.7. The van der Waals surface area contributed by atoms with Crippen LogP contribution in [0.25, 0.3) is 10.9 Å². The van der Waals surface area contributed by atoms with Crippen molar-refractivity contribution in [1.82, 2.24) is 4.57 Å². The minimum absolute atomic E-state index is 0.203. The SMILES string of the molecule is NC1CCc2cc3c(C(F)(F)F)cccc3n21. The van der Waals surface area contributed by atoms with Gasteiger partial charge in [0.15, 0.2) is 0 Å². The van der Waals surface area contributed by atoms with Crippen molar-refractivity contribution in [2.75, 3.05) is 0 Å². The lowest BCUT2D eigenvalue weighted by molar-refractivity contribution is -0.136. The lowest BCUT2D eigenvalue weighted by Gasteiger charge is -2.11. The smallest absolute Gasteiger partial charge is 0.329 e. The number of halogens is 3. The van der Waals surface area contributed by atoms with Crippen LogP contribution in [-0.4, -0.2) is 4.57 Å². The third-order valence-electron chi connectivity index (χ3n) is 3.30. The lowest BCUT2D eigenvalue weighted by atomic mass is 10.1. The Bertz CT molecular complexity index is 583. The molecule has 0 saturated heterocycles. The number of rotatable bonds is 0. The van der Waals surface area contributed by atoms with Crippen LogP contribution >= 0.6 is 0 Å². The second-order valence-corrected chi connectivity index (χ2v) is 4.35. The molecule has 1 aliphatic rings. The van der Waals surface area contributed by atoms with E-state index in [1.807, 2.05) is 4.57 Å². The number of nitrogens with zero attached hydrogens (tertiary/aromatic N) is 1. The van der Waals surface area contributed by atoms with Crippen molar-refractivity contribution in [3.63, 3.8) is 0 Å². The summed E-state index contributed by atoms with van der Waals surface area (Å²) in [7, 11) is 0. The highest BCUT2D eigenvalue weighted by Gasteiger charge is 2.34. The van der Waals surface area contributed by atoms with E-state index in [2.05, 4.69) is 0 Å². The Kier molecular flexibility index (Phi) is 2.04. The number of aryl methyl sites for hydroxylation is 1. The highest BCUT2D eigenvalue weighted by atomic mass is 19.4. The van der Waals surface area contributed by atoms with Crippen molar-refractivity contribution in [2.45, 2.75) is 25.2 Å². The zero-order valence-corrected chi connectivity index (χ0v) is 8.96. The van der Waals surface area contributed by atoms with Gasteiger partial charge in [-0.2, -0.15) is 13.2 Å². The molecule has 90 valence electrons. The quantitative estimate of drug-likeness (QED) is 0.753. The van der Waals surface area contributed by atoms with Crippen LogP contribution in [0.2, 0.25) is 0 Å². The Morgan fingerprint density at radius 3 is 2.76 bits per heavy atom. The van der Waals surface area contributed by atoms with Crippen molar-refractivity contribution in [3.8, 4) is 0 Å². The molecule has 2 heterocycles. The summed E-state index contributed by atoms with van der Waals surface area (Å²) in [6, 6.07) is 5.86. The Balaban J connectivity index is 2.33. The molecule has 0 spiro atoms. The van der Waals surface area contributed by atoms with Crippen LogP contribution in [-0.2, 0) is 12.6 Å². The van der Waals surface area contributed by atoms with E-state index in [0.717, 1.165) is 24.6 Å².